The van der Waals surface area contributed by atoms with E-state index in [0.717, 1.165) is 17.0 Å². The summed E-state index contributed by atoms with van der Waals surface area (Å²) >= 11 is 0. The van der Waals surface area contributed by atoms with Crippen molar-refractivity contribution in [2.24, 2.45) is 0 Å². The first-order chi connectivity index (χ1) is 13.4. The van der Waals surface area contributed by atoms with E-state index in [-0.39, 0.29) is 5.24 Å². The zero-order valence-electron chi connectivity index (χ0n) is 16.4. The van der Waals surface area contributed by atoms with Gasteiger partial charge in [-0.2, -0.15) is 9.67 Å². The number of hydrogen-bond donors (Lipinski definition) is 2. The summed E-state index contributed by atoms with van der Waals surface area (Å²) in [5.41, 5.74) is 3.04. The minimum Gasteiger partial charge on any atom is -0.493 e. The molecular weight excluding hydrogens is 368 g/mol. The minimum absolute atomic E-state index is 0.327. The second kappa shape index (κ2) is 8.57. The van der Waals surface area contributed by atoms with E-state index in [0.29, 0.717) is 24.7 Å². The van der Waals surface area contributed by atoms with Crippen LogP contribution in [-0.4, -0.2) is 40.6 Å². The molecule has 1 heterocycles. The molecule has 144 valence electrons. The van der Waals surface area contributed by atoms with Crippen molar-refractivity contribution in [1.29, 1.82) is 5.41 Å². The Balaban J connectivity index is 1.93. The zero-order valence-corrected chi connectivity index (χ0v) is 17.6. The van der Waals surface area contributed by atoms with Crippen molar-refractivity contribution in [2.45, 2.75) is 25.5 Å². The van der Waals surface area contributed by atoms with Gasteiger partial charge in [0.1, 0.15) is 5.75 Å². The molecule has 0 spiro atoms. The lowest BCUT2D eigenvalue weighted by molar-refractivity contribution is 0.268. The molecule has 0 amide bonds. The van der Waals surface area contributed by atoms with Crippen LogP contribution in [-0.2, 0) is 0 Å². The Morgan fingerprint density at radius 1 is 1.21 bits per heavy atom. The average Bonchev–Trinajstić information content (AvgIpc) is 3.06. The van der Waals surface area contributed by atoms with E-state index in [4.69, 9.17) is 15.2 Å². The summed E-state index contributed by atoms with van der Waals surface area (Å²) in [6.07, 6.45) is 2.01. The number of ether oxygens (including phenoxy) is 1. The van der Waals surface area contributed by atoms with Crippen molar-refractivity contribution in [2.75, 3.05) is 11.9 Å². The summed E-state index contributed by atoms with van der Waals surface area (Å²) < 4.78 is 7.65. The predicted molar refractivity (Wildman–Crippen MR) is 121 cm³/mol. The fourth-order valence-electron chi connectivity index (χ4n) is 2.65. The summed E-state index contributed by atoms with van der Waals surface area (Å²) in [5, 5.41) is 14.9. The van der Waals surface area contributed by atoms with Crippen LogP contribution in [0.3, 0.4) is 0 Å². The summed E-state index contributed by atoms with van der Waals surface area (Å²) in [4.78, 5) is 4.67. The number of rotatable bonds is 8. The zero-order chi connectivity index (χ0) is 20.1. The van der Waals surface area contributed by atoms with Gasteiger partial charge in [0.15, 0.2) is 13.7 Å². The van der Waals surface area contributed by atoms with Crippen LogP contribution < -0.4 is 10.1 Å². The van der Waals surface area contributed by atoms with E-state index < -0.39 is 0 Å². The van der Waals surface area contributed by atoms with Crippen LogP contribution in [0.4, 0.5) is 5.95 Å². The van der Waals surface area contributed by atoms with Crippen molar-refractivity contribution >= 4 is 29.2 Å². The summed E-state index contributed by atoms with van der Waals surface area (Å²) in [6.45, 7) is 4.67. The maximum atomic E-state index is 7.22. The van der Waals surface area contributed by atoms with Crippen LogP contribution in [0.5, 0.6) is 5.75 Å². The Morgan fingerprint density at radius 3 is 2.50 bits per heavy atom. The quantitative estimate of drug-likeness (QED) is 0.267. The third kappa shape index (κ3) is 5.20. The normalized spacial score (nSPS) is 13.0. The van der Waals surface area contributed by atoms with Crippen LogP contribution in [0.15, 0.2) is 48.5 Å². The van der Waals surface area contributed by atoms with Gasteiger partial charge in [0, 0.05) is 12.1 Å². The number of aromatic nitrogens is 3. The predicted octanol–water partition coefficient (Wildman–Crippen LogP) is 3.25. The Bertz CT molecular complexity index is 933. The SMILES string of the molecule is BC(C)(P)Oc1ccc(-n2nc(-c3ccc(C)cc3)nc2NCCC=N)cc1. The van der Waals surface area contributed by atoms with Gasteiger partial charge in [0.25, 0.3) is 0 Å². The summed E-state index contributed by atoms with van der Waals surface area (Å²) in [6, 6.07) is 15.9. The maximum absolute atomic E-state index is 7.22. The molecule has 3 aromatic rings. The molecule has 0 radical (unpaired) electrons. The van der Waals surface area contributed by atoms with Crippen molar-refractivity contribution in [3.63, 3.8) is 0 Å². The molecule has 0 aliphatic rings. The van der Waals surface area contributed by atoms with E-state index in [2.05, 4.69) is 38.6 Å². The van der Waals surface area contributed by atoms with Gasteiger partial charge in [-0.05, 0) is 50.7 Å². The molecule has 1 aromatic heterocycles. The molecule has 0 fully saturated rings. The molecule has 2 aromatic carbocycles. The van der Waals surface area contributed by atoms with Gasteiger partial charge in [-0.3, -0.25) is 0 Å². The fourth-order valence-corrected chi connectivity index (χ4v) is 2.78. The third-order valence-corrected chi connectivity index (χ3v) is 4.07. The molecule has 2 N–H and O–H groups in total. The molecule has 28 heavy (non-hydrogen) atoms. The fraction of sp³-hybridized carbons (Fsp3) is 0.250. The molecule has 8 heteroatoms. The highest BCUT2D eigenvalue weighted by atomic mass is 31.0. The number of benzene rings is 2. The lowest BCUT2D eigenvalue weighted by atomic mass is 10.0. The number of anilines is 1. The second-order valence-corrected chi connectivity index (χ2v) is 8.55. The van der Waals surface area contributed by atoms with E-state index in [1.807, 2.05) is 51.2 Å². The highest BCUT2D eigenvalue weighted by Gasteiger charge is 2.15. The van der Waals surface area contributed by atoms with Gasteiger partial charge in [0.05, 0.1) is 10.9 Å². The lowest BCUT2D eigenvalue weighted by Gasteiger charge is -2.21. The highest BCUT2D eigenvalue weighted by Crippen LogP contribution is 2.25. The minimum atomic E-state index is -0.327. The Hall–Kier alpha value is -2.66. The van der Waals surface area contributed by atoms with Crippen molar-refractivity contribution < 1.29 is 4.74 Å². The first-order valence-electron chi connectivity index (χ1n) is 9.21. The second-order valence-electron chi connectivity index (χ2n) is 7.16. The van der Waals surface area contributed by atoms with Crippen molar-refractivity contribution in [3.05, 3.63) is 54.1 Å². The molecular formula is C20H25BN5OP. The smallest absolute Gasteiger partial charge is 0.226 e. The largest absolute Gasteiger partial charge is 0.493 e. The maximum Gasteiger partial charge on any atom is 0.226 e. The van der Waals surface area contributed by atoms with Gasteiger partial charge >= 0.3 is 0 Å². The highest BCUT2D eigenvalue weighted by molar-refractivity contribution is 7.21. The number of nitrogens with zero attached hydrogens (tertiary/aromatic N) is 3. The summed E-state index contributed by atoms with van der Waals surface area (Å²) in [5.74, 6) is 2.10. The molecule has 3 rings (SSSR count). The van der Waals surface area contributed by atoms with E-state index >= 15 is 0 Å². The van der Waals surface area contributed by atoms with Gasteiger partial charge in [-0.1, -0.05) is 29.8 Å². The standard InChI is InChI=1S/C20H25BN5OP/c1-14-4-6-15(7-5-14)18-24-19(23-13-3-12-22)26(25-18)16-8-10-17(11-9-16)27-20(2,21)28/h4-12,22H,3,13,21,28H2,1-2H3,(H,23,24,25). The molecule has 0 saturated carbocycles. The molecule has 0 saturated heterocycles. The molecule has 0 bridgehead atoms. The molecule has 2 atom stereocenters. The van der Waals surface area contributed by atoms with Crippen LogP contribution >= 0.6 is 9.24 Å². The van der Waals surface area contributed by atoms with Crippen LogP contribution in [0.25, 0.3) is 17.1 Å². The van der Waals surface area contributed by atoms with Gasteiger partial charge in [-0.15, -0.1) is 14.3 Å². The van der Waals surface area contributed by atoms with Crippen molar-refractivity contribution in [3.8, 4) is 22.8 Å². The molecule has 6 nitrogen and oxygen atoms in total. The van der Waals surface area contributed by atoms with Gasteiger partial charge in [0.2, 0.25) is 5.95 Å². The summed E-state index contributed by atoms with van der Waals surface area (Å²) in [7, 11) is 4.66. The van der Waals surface area contributed by atoms with Gasteiger partial charge < -0.3 is 15.5 Å². The van der Waals surface area contributed by atoms with Crippen molar-refractivity contribution in [1.82, 2.24) is 14.8 Å². The van der Waals surface area contributed by atoms with Crippen LogP contribution in [0, 0.1) is 12.3 Å². The van der Waals surface area contributed by atoms with E-state index in [1.54, 1.807) is 4.68 Å². The monoisotopic (exact) mass is 393 g/mol. The van der Waals surface area contributed by atoms with Crippen LogP contribution in [0.1, 0.15) is 18.9 Å². The third-order valence-electron chi connectivity index (χ3n) is 3.95. The number of nitrogens with one attached hydrogen (secondary N) is 2. The van der Waals surface area contributed by atoms with Crippen LogP contribution in [0.2, 0.25) is 0 Å². The Morgan fingerprint density at radius 2 is 1.89 bits per heavy atom. The molecule has 0 aliphatic carbocycles. The molecule has 0 aliphatic heterocycles. The van der Waals surface area contributed by atoms with E-state index in [1.165, 1.54) is 11.8 Å². The average molecular weight is 393 g/mol. The first-order valence-corrected chi connectivity index (χ1v) is 9.79. The number of hydrogen-bond acceptors (Lipinski definition) is 5. The Kier molecular flexibility index (Phi) is 6.15. The first kappa shape index (κ1) is 20.1. The lowest BCUT2D eigenvalue weighted by Crippen LogP contribution is -2.23. The van der Waals surface area contributed by atoms with Gasteiger partial charge in [-0.25, -0.2) is 0 Å². The van der Waals surface area contributed by atoms with E-state index in [9.17, 15) is 0 Å². The Labute approximate surface area is 168 Å². The number of aryl methyl sites for hydroxylation is 1. The molecule has 2 unspecified atom stereocenters. The topological polar surface area (TPSA) is 75.8 Å².